The van der Waals surface area contributed by atoms with Crippen molar-refractivity contribution in [1.82, 2.24) is 19.9 Å². The number of hydrogen-bond acceptors (Lipinski definition) is 4. The summed E-state index contributed by atoms with van der Waals surface area (Å²) in [5.74, 6) is -0.387. The van der Waals surface area contributed by atoms with E-state index in [2.05, 4.69) is 24.7 Å². The zero-order valence-electron chi connectivity index (χ0n) is 9.98. The van der Waals surface area contributed by atoms with E-state index in [-0.39, 0.29) is 11.5 Å². The van der Waals surface area contributed by atoms with Crippen LogP contribution in [0.4, 0.5) is 0 Å². The van der Waals surface area contributed by atoms with E-state index in [4.69, 9.17) is 0 Å². The second-order valence-electron chi connectivity index (χ2n) is 3.98. The van der Waals surface area contributed by atoms with E-state index in [1.807, 2.05) is 6.07 Å². The summed E-state index contributed by atoms with van der Waals surface area (Å²) in [5.41, 5.74) is 2.64. The number of hydrogen-bond donors (Lipinski definition) is 3. The molecular weight excluding hydrogens is 248 g/mol. The van der Waals surface area contributed by atoms with Gasteiger partial charge >= 0.3 is 11.7 Å². The van der Waals surface area contributed by atoms with E-state index in [9.17, 15) is 9.59 Å². The van der Waals surface area contributed by atoms with E-state index in [1.165, 1.54) is 13.3 Å². The molecule has 0 aliphatic rings. The molecule has 2 aromatic heterocycles. The number of aromatic amines is 3. The van der Waals surface area contributed by atoms with E-state index in [1.54, 1.807) is 12.1 Å². The average Bonchev–Trinajstić information content (AvgIpc) is 3.01. The van der Waals surface area contributed by atoms with E-state index < -0.39 is 5.97 Å². The molecule has 0 saturated heterocycles. The Hall–Kier alpha value is -2.83. The minimum atomic E-state index is -0.526. The molecule has 0 aliphatic heterocycles. The number of aromatic nitrogens is 4. The molecule has 0 spiro atoms. The Bertz CT molecular complexity index is 812. The van der Waals surface area contributed by atoms with Gasteiger partial charge in [-0.15, -0.1) is 0 Å². The highest BCUT2D eigenvalue weighted by Crippen LogP contribution is 2.20. The highest BCUT2D eigenvalue weighted by Gasteiger charge is 2.11. The fourth-order valence-electron chi connectivity index (χ4n) is 1.87. The number of methoxy groups -OCH3 is 1. The number of carbonyl (C=O) groups is 1. The smallest absolute Gasteiger partial charge is 0.374 e. The van der Waals surface area contributed by atoms with E-state index in [0.717, 1.165) is 11.1 Å². The molecule has 0 saturated carbocycles. The Kier molecular flexibility index (Phi) is 2.45. The minimum Gasteiger partial charge on any atom is -0.463 e. The van der Waals surface area contributed by atoms with Gasteiger partial charge in [0, 0.05) is 5.56 Å². The van der Waals surface area contributed by atoms with Gasteiger partial charge in [-0.1, -0.05) is 6.07 Å². The van der Waals surface area contributed by atoms with Crippen molar-refractivity contribution in [3.8, 4) is 11.3 Å². The van der Waals surface area contributed by atoms with Gasteiger partial charge in [-0.2, -0.15) is 0 Å². The van der Waals surface area contributed by atoms with Gasteiger partial charge in [0.25, 0.3) is 0 Å². The van der Waals surface area contributed by atoms with Crippen LogP contribution in [0.25, 0.3) is 22.3 Å². The number of ether oxygens (including phenoxy) is 1. The maximum atomic E-state index is 11.3. The second kappa shape index (κ2) is 4.13. The fourth-order valence-corrected chi connectivity index (χ4v) is 1.87. The largest absolute Gasteiger partial charge is 0.463 e. The maximum absolute atomic E-state index is 11.3. The van der Waals surface area contributed by atoms with Gasteiger partial charge in [-0.05, 0) is 12.1 Å². The number of nitrogens with zero attached hydrogens (tertiary/aromatic N) is 1. The summed E-state index contributed by atoms with van der Waals surface area (Å²) in [5, 5.41) is 0. The molecule has 0 atom stereocenters. The van der Waals surface area contributed by atoms with Gasteiger partial charge in [-0.25, -0.2) is 14.6 Å². The number of carbonyl (C=O) groups excluding carboxylic acids is 1. The Morgan fingerprint density at radius 2 is 2.00 bits per heavy atom. The molecule has 0 bridgehead atoms. The van der Waals surface area contributed by atoms with E-state index >= 15 is 0 Å². The van der Waals surface area contributed by atoms with Crippen LogP contribution in [0.2, 0.25) is 0 Å². The molecule has 7 nitrogen and oxygen atoms in total. The fraction of sp³-hybridized carbons (Fsp3) is 0.0833. The predicted molar refractivity (Wildman–Crippen MR) is 67.8 cm³/mol. The number of fused-ring (bicyclic) bond motifs is 1. The van der Waals surface area contributed by atoms with Crippen molar-refractivity contribution >= 4 is 17.0 Å². The summed E-state index contributed by atoms with van der Waals surface area (Å²) in [6.07, 6.45) is 1.54. The number of nitrogens with one attached hydrogen (secondary N) is 3. The third-order valence-corrected chi connectivity index (χ3v) is 2.78. The predicted octanol–water partition coefficient (Wildman–Crippen LogP) is 1.03. The van der Waals surface area contributed by atoms with Crippen LogP contribution in [-0.4, -0.2) is 33.0 Å². The first-order valence-electron chi connectivity index (χ1n) is 5.53. The average molecular weight is 258 g/mol. The Balaban J connectivity index is 2.05. The zero-order chi connectivity index (χ0) is 13.4. The Morgan fingerprint density at radius 3 is 2.79 bits per heavy atom. The summed E-state index contributed by atoms with van der Waals surface area (Å²) in [6.45, 7) is 0. The normalized spacial score (nSPS) is 10.8. The lowest BCUT2D eigenvalue weighted by molar-refractivity contribution is 0.0588. The zero-order valence-corrected chi connectivity index (χ0v) is 9.98. The SMILES string of the molecule is COC(=O)c1ncc(-c2ccc3[nH]c(=O)[nH]c3c2)[nH]1. The van der Waals surface area contributed by atoms with Crippen LogP contribution in [0.5, 0.6) is 0 Å². The quantitative estimate of drug-likeness (QED) is 0.597. The van der Waals surface area contributed by atoms with Crippen LogP contribution in [0, 0.1) is 0 Å². The van der Waals surface area contributed by atoms with Gasteiger partial charge in [-0.3, -0.25) is 0 Å². The standard InChI is InChI=1S/C12H10N4O3/c1-19-11(17)10-13-5-9(14-10)6-2-3-7-8(4-6)16-12(18)15-7/h2-5H,1H3,(H,13,14)(H2,15,16,18). The molecule has 96 valence electrons. The first-order chi connectivity index (χ1) is 9.17. The second-order valence-corrected chi connectivity index (χ2v) is 3.98. The summed E-state index contributed by atoms with van der Waals surface area (Å²) in [6, 6.07) is 5.39. The molecule has 3 rings (SSSR count). The lowest BCUT2D eigenvalue weighted by atomic mass is 10.1. The molecule has 0 amide bonds. The third-order valence-electron chi connectivity index (χ3n) is 2.78. The molecule has 3 aromatic rings. The molecule has 3 N–H and O–H groups in total. The lowest BCUT2D eigenvalue weighted by Crippen LogP contribution is -2.03. The maximum Gasteiger partial charge on any atom is 0.374 e. The topological polar surface area (TPSA) is 104 Å². The van der Waals surface area contributed by atoms with Gasteiger partial charge in [0.15, 0.2) is 0 Å². The van der Waals surface area contributed by atoms with Crippen LogP contribution in [0.15, 0.2) is 29.2 Å². The highest BCUT2D eigenvalue weighted by atomic mass is 16.5. The number of H-pyrrole nitrogens is 3. The van der Waals surface area contributed by atoms with Gasteiger partial charge < -0.3 is 19.7 Å². The van der Waals surface area contributed by atoms with Crippen molar-refractivity contribution in [3.05, 3.63) is 40.7 Å². The summed E-state index contributed by atoms with van der Waals surface area (Å²) < 4.78 is 4.57. The first kappa shape index (κ1) is 11.3. The molecular formula is C12H10N4O3. The summed E-state index contributed by atoms with van der Waals surface area (Å²) in [7, 11) is 1.29. The van der Waals surface area contributed by atoms with Gasteiger partial charge in [0.1, 0.15) is 0 Å². The van der Waals surface area contributed by atoms with Crippen LogP contribution in [0.1, 0.15) is 10.6 Å². The highest BCUT2D eigenvalue weighted by molar-refractivity contribution is 5.86. The Labute approximate surface area is 106 Å². The summed E-state index contributed by atoms with van der Waals surface area (Å²) >= 11 is 0. The van der Waals surface area contributed by atoms with Crippen molar-refractivity contribution in [2.24, 2.45) is 0 Å². The molecule has 0 radical (unpaired) electrons. The molecule has 1 aromatic carbocycles. The van der Waals surface area contributed by atoms with Crippen LogP contribution < -0.4 is 5.69 Å². The van der Waals surface area contributed by atoms with Crippen LogP contribution in [-0.2, 0) is 4.74 Å². The molecule has 7 heteroatoms. The Morgan fingerprint density at radius 1 is 1.21 bits per heavy atom. The van der Waals surface area contributed by atoms with Gasteiger partial charge in [0.2, 0.25) is 5.82 Å². The van der Waals surface area contributed by atoms with Crippen molar-refractivity contribution in [1.29, 1.82) is 0 Å². The van der Waals surface area contributed by atoms with Gasteiger partial charge in [0.05, 0.1) is 30.0 Å². The molecule has 0 fully saturated rings. The number of imidazole rings is 2. The van der Waals surface area contributed by atoms with Crippen molar-refractivity contribution in [3.63, 3.8) is 0 Å². The van der Waals surface area contributed by atoms with E-state index in [0.29, 0.717) is 11.2 Å². The molecule has 19 heavy (non-hydrogen) atoms. The monoisotopic (exact) mass is 258 g/mol. The minimum absolute atomic E-state index is 0.139. The van der Waals surface area contributed by atoms with Crippen molar-refractivity contribution in [2.45, 2.75) is 0 Å². The first-order valence-corrected chi connectivity index (χ1v) is 5.53. The van der Waals surface area contributed by atoms with Crippen LogP contribution in [0.3, 0.4) is 0 Å². The molecule has 0 unspecified atom stereocenters. The molecule has 2 heterocycles. The van der Waals surface area contributed by atoms with Crippen LogP contribution >= 0.6 is 0 Å². The third kappa shape index (κ3) is 1.90. The van der Waals surface area contributed by atoms with Crippen molar-refractivity contribution < 1.29 is 9.53 Å². The summed E-state index contributed by atoms with van der Waals surface area (Å²) in [4.78, 5) is 34.6. The lowest BCUT2D eigenvalue weighted by Gasteiger charge is -1.97. The number of esters is 1. The number of benzene rings is 1. The molecule has 0 aliphatic carbocycles. The number of rotatable bonds is 2. The van der Waals surface area contributed by atoms with Crippen molar-refractivity contribution in [2.75, 3.05) is 7.11 Å².